The van der Waals surface area contributed by atoms with Crippen LogP contribution in [0.4, 0.5) is 21.5 Å². The molecule has 1 aromatic heterocycles. The average Bonchev–Trinajstić information content (AvgIpc) is 3.17. The summed E-state index contributed by atoms with van der Waals surface area (Å²) in [5, 5.41) is 19.3. The summed E-state index contributed by atoms with van der Waals surface area (Å²) in [6.45, 7) is 6.58. The highest BCUT2D eigenvalue weighted by atomic mass is 32.1. The zero-order valence-electron chi connectivity index (χ0n) is 19.6. The summed E-state index contributed by atoms with van der Waals surface area (Å²) in [5.41, 5.74) is 6.67. The number of carbonyl (C=O) groups excluding carboxylic acids is 2. The number of nitro groups is 1. The van der Waals surface area contributed by atoms with Gasteiger partial charge in [-0.3, -0.25) is 25.0 Å². The highest BCUT2D eigenvalue weighted by Crippen LogP contribution is 2.30. The Bertz CT molecular complexity index is 1000. The van der Waals surface area contributed by atoms with Crippen molar-refractivity contribution in [2.45, 2.75) is 13.8 Å². The van der Waals surface area contributed by atoms with Gasteiger partial charge in [0, 0.05) is 25.7 Å². The van der Waals surface area contributed by atoms with Gasteiger partial charge in [-0.25, -0.2) is 4.98 Å². The van der Waals surface area contributed by atoms with Crippen molar-refractivity contribution in [2.24, 2.45) is 5.73 Å². The normalized spacial score (nSPS) is 10.7. The van der Waals surface area contributed by atoms with Gasteiger partial charge >= 0.3 is 5.00 Å². The zero-order chi connectivity index (χ0) is 25.6. The van der Waals surface area contributed by atoms with Crippen molar-refractivity contribution in [2.75, 3.05) is 68.7 Å². The van der Waals surface area contributed by atoms with Crippen LogP contribution in [0.5, 0.6) is 0 Å². The van der Waals surface area contributed by atoms with Crippen molar-refractivity contribution in [1.82, 2.24) is 4.98 Å². The number of amides is 2. The number of nitrogens with zero attached hydrogens (tertiary/aromatic N) is 2. The van der Waals surface area contributed by atoms with E-state index in [1.54, 1.807) is 18.2 Å². The third-order valence-electron chi connectivity index (χ3n) is 4.32. The van der Waals surface area contributed by atoms with Crippen LogP contribution >= 0.6 is 11.3 Å². The van der Waals surface area contributed by atoms with Crippen molar-refractivity contribution in [3.8, 4) is 0 Å². The third kappa shape index (κ3) is 9.92. The number of nitrogens with one attached hydrogen (secondary N) is 3. The number of aryl methyl sites for hydroxylation is 1. The number of anilines is 3. The van der Waals surface area contributed by atoms with Gasteiger partial charge in [-0.05, 0) is 36.5 Å². The zero-order valence-corrected chi connectivity index (χ0v) is 20.4. The van der Waals surface area contributed by atoms with Gasteiger partial charge in [-0.15, -0.1) is 0 Å². The molecule has 0 unspecified atom stereocenters. The molecular formula is C21H30N6O7S. The number of hydrogen-bond donors (Lipinski definition) is 4. The van der Waals surface area contributed by atoms with Crippen LogP contribution < -0.4 is 21.7 Å². The topological polar surface area (TPSA) is 180 Å². The first-order valence-corrected chi connectivity index (χ1v) is 11.7. The van der Waals surface area contributed by atoms with E-state index in [4.69, 9.17) is 19.9 Å². The quantitative estimate of drug-likeness (QED) is 0.148. The molecule has 35 heavy (non-hydrogen) atoms. The minimum atomic E-state index is -0.555. The Morgan fingerprint density at radius 2 is 1.74 bits per heavy atom. The molecule has 0 fully saturated rings. The van der Waals surface area contributed by atoms with Gasteiger partial charge in [0.2, 0.25) is 5.91 Å². The standard InChI is InChI=1S/C21H30N6O7S/c1-14-20(27(30)31)35-21(24-14)26-19(29)17-4-3-16(13-18(17)25-15(2)28)23-6-8-33-10-12-34-11-9-32-7-5-22/h3-4,13,23H,5-12,22H2,1-2H3,(H,25,28)(H,24,26,29). The first kappa shape index (κ1) is 28.1. The summed E-state index contributed by atoms with van der Waals surface area (Å²) < 4.78 is 16.1. The van der Waals surface area contributed by atoms with E-state index in [1.165, 1.54) is 13.8 Å². The maximum Gasteiger partial charge on any atom is 0.348 e. The van der Waals surface area contributed by atoms with Crippen molar-refractivity contribution in [3.63, 3.8) is 0 Å². The van der Waals surface area contributed by atoms with E-state index in [0.29, 0.717) is 58.4 Å². The lowest BCUT2D eigenvalue weighted by Crippen LogP contribution is -2.17. The predicted octanol–water partition coefficient (Wildman–Crippen LogP) is 1.99. The molecule has 0 spiro atoms. The number of carbonyl (C=O) groups is 2. The van der Waals surface area contributed by atoms with Crippen LogP contribution in [0.2, 0.25) is 0 Å². The highest BCUT2D eigenvalue weighted by molar-refractivity contribution is 7.19. The number of thiazole rings is 1. The molecule has 14 heteroatoms. The van der Waals surface area contributed by atoms with Crippen molar-refractivity contribution in [1.29, 1.82) is 0 Å². The number of ether oxygens (including phenoxy) is 3. The Morgan fingerprint density at radius 1 is 1.09 bits per heavy atom. The molecule has 0 saturated heterocycles. The second-order valence-corrected chi connectivity index (χ2v) is 8.09. The molecule has 0 radical (unpaired) electrons. The molecule has 0 saturated carbocycles. The van der Waals surface area contributed by atoms with E-state index < -0.39 is 10.8 Å². The lowest BCUT2D eigenvalue weighted by Gasteiger charge is -2.13. The van der Waals surface area contributed by atoms with Crippen LogP contribution in [-0.4, -0.2) is 74.5 Å². The van der Waals surface area contributed by atoms with Crippen LogP contribution in [-0.2, 0) is 19.0 Å². The van der Waals surface area contributed by atoms with Crippen LogP contribution in [0.1, 0.15) is 23.0 Å². The number of aromatic nitrogens is 1. The Labute approximate surface area is 206 Å². The molecule has 0 aliphatic carbocycles. The summed E-state index contributed by atoms with van der Waals surface area (Å²) in [7, 11) is 0. The molecule has 192 valence electrons. The maximum atomic E-state index is 12.7. The molecule has 2 aromatic rings. The summed E-state index contributed by atoms with van der Waals surface area (Å²) in [5.74, 6) is -0.908. The molecule has 1 heterocycles. The minimum absolute atomic E-state index is 0.0967. The van der Waals surface area contributed by atoms with Crippen molar-refractivity contribution >= 4 is 44.7 Å². The minimum Gasteiger partial charge on any atom is -0.383 e. The second kappa shape index (κ2) is 15.0. The maximum absolute atomic E-state index is 12.7. The van der Waals surface area contributed by atoms with Gasteiger partial charge < -0.3 is 30.6 Å². The van der Waals surface area contributed by atoms with Crippen molar-refractivity contribution in [3.05, 3.63) is 39.6 Å². The van der Waals surface area contributed by atoms with E-state index in [2.05, 4.69) is 20.9 Å². The highest BCUT2D eigenvalue weighted by Gasteiger charge is 2.20. The third-order valence-corrected chi connectivity index (χ3v) is 5.34. The van der Waals surface area contributed by atoms with Gasteiger partial charge in [0.05, 0.1) is 55.8 Å². The van der Waals surface area contributed by atoms with E-state index in [9.17, 15) is 19.7 Å². The second-order valence-electron chi connectivity index (χ2n) is 7.11. The molecule has 1 aromatic carbocycles. The number of benzene rings is 1. The number of nitrogens with two attached hydrogens (primary N) is 1. The van der Waals surface area contributed by atoms with Crippen molar-refractivity contribution < 1.29 is 28.7 Å². The van der Waals surface area contributed by atoms with Crippen LogP contribution in [0.3, 0.4) is 0 Å². The molecular weight excluding hydrogens is 480 g/mol. The fraction of sp³-hybridized carbons (Fsp3) is 0.476. The van der Waals surface area contributed by atoms with E-state index in [0.717, 1.165) is 11.3 Å². The molecule has 0 atom stereocenters. The van der Waals surface area contributed by atoms with Gasteiger partial charge in [0.15, 0.2) is 5.13 Å². The molecule has 2 rings (SSSR count). The fourth-order valence-electron chi connectivity index (χ4n) is 2.81. The molecule has 0 bridgehead atoms. The number of rotatable bonds is 16. The average molecular weight is 511 g/mol. The van der Waals surface area contributed by atoms with Crippen LogP contribution in [0.25, 0.3) is 0 Å². The van der Waals surface area contributed by atoms with E-state index >= 15 is 0 Å². The van der Waals surface area contributed by atoms with Gasteiger partial charge in [-0.1, -0.05) is 0 Å². The molecule has 13 nitrogen and oxygen atoms in total. The lowest BCUT2D eigenvalue weighted by molar-refractivity contribution is -0.380. The Hall–Kier alpha value is -3.17. The summed E-state index contributed by atoms with van der Waals surface area (Å²) >= 11 is 0.763. The van der Waals surface area contributed by atoms with Crippen LogP contribution in [0, 0.1) is 17.0 Å². The largest absolute Gasteiger partial charge is 0.383 e. The molecule has 2 amide bonds. The Balaban J connectivity index is 1.85. The fourth-order valence-corrected chi connectivity index (χ4v) is 3.59. The van der Waals surface area contributed by atoms with Gasteiger partial charge in [-0.2, -0.15) is 0 Å². The van der Waals surface area contributed by atoms with Crippen LogP contribution in [0.15, 0.2) is 18.2 Å². The van der Waals surface area contributed by atoms with Gasteiger partial charge in [0.1, 0.15) is 5.69 Å². The monoisotopic (exact) mass is 510 g/mol. The molecule has 0 aliphatic rings. The summed E-state index contributed by atoms with van der Waals surface area (Å²) in [4.78, 5) is 38.9. The molecule has 0 aliphatic heterocycles. The Morgan fingerprint density at radius 3 is 2.34 bits per heavy atom. The number of hydrogen-bond acceptors (Lipinski definition) is 11. The Kier molecular flexibility index (Phi) is 12.0. The van der Waals surface area contributed by atoms with Gasteiger partial charge in [0.25, 0.3) is 5.91 Å². The lowest BCUT2D eigenvalue weighted by atomic mass is 10.1. The first-order valence-electron chi connectivity index (χ1n) is 10.8. The predicted molar refractivity (Wildman–Crippen MR) is 132 cm³/mol. The molecule has 5 N–H and O–H groups in total. The first-order chi connectivity index (χ1) is 16.8. The summed E-state index contributed by atoms with van der Waals surface area (Å²) in [6, 6.07) is 4.84. The smallest absolute Gasteiger partial charge is 0.348 e. The summed E-state index contributed by atoms with van der Waals surface area (Å²) in [6.07, 6.45) is 0. The van der Waals surface area contributed by atoms with E-state index in [1.807, 2.05) is 0 Å². The van der Waals surface area contributed by atoms with E-state index in [-0.39, 0.29) is 33.0 Å². The SMILES string of the molecule is CC(=O)Nc1cc(NCCOCCOCCOCCN)ccc1C(=O)Nc1nc(C)c([N+](=O)[O-])s1.